The zero-order valence-corrected chi connectivity index (χ0v) is 11.7. The Morgan fingerprint density at radius 3 is 2.59 bits per heavy atom. The molecule has 17 heavy (non-hydrogen) atoms. The molecule has 1 unspecified atom stereocenters. The summed E-state index contributed by atoms with van der Waals surface area (Å²) in [5, 5.41) is 0. The van der Waals surface area contributed by atoms with E-state index in [0.29, 0.717) is 5.56 Å². The van der Waals surface area contributed by atoms with Crippen molar-refractivity contribution in [3.63, 3.8) is 0 Å². The molecule has 0 aliphatic heterocycles. The van der Waals surface area contributed by atoms with Gasteiger partial charge in [-0.1, -0.05) is 28.9 Å². The third kappa shape index (κ3) is 3.66. The molecule has 0 aliphatic carbocycles. The number of ketones is 1. The predicted molar refractivity (Wildman–Crippen MR) is 69.0 cm³/mol. The Morgan fingerprint density at radius 1 is 1.41 bits per heavy atom. The number of Topliss-reactive ketones (excluding diaryl/α,β-unsaturated/α-hetero) is 1. The van der Waals surface area contributed by atoms with Crippen molar-refractivity contribution in [1.82, 2.24) is 0 Å². The van der Waals surface area contributed by atoms with Crippen LogP contribution < -0.4 is 0 Å². The Labute approximate surface area is 109 Å². The molecule has 0 aliphatic rings. The molecule has 0 radical (unpaired) electrons. The highest BCUT2D eigenvalue weighted by atomic mass is 79.9. The number of rotatable bonds is 4. The van der Waals surface area contributed by atoms with E-state index < -0.39 is 5.92 Å². The van der Waals surface area contributed by atoms with Gasteiger partial charge in [-0.15, -0.1) is 0 Å². The molecule has 0 heterocycles. The van der Waals surface area contributed by atoms with Crippen molar-refractivity contribution >= 4 is 27.7 Å². The second-order valence-corrected chi connectivity index (χ2v) is 4.87. The van der Waals surface area contributed by atoms with Crippen LogP contribution in [0.15, 0.2) is 22.7 Å². The van der Waals surface area contributed by atoms with Gasteiger partial charge in [-0.2, -0.15) is 0 Å². The van der Waals surface area contributed by atoms with Crippen molar-refractivity contribution in [3.8, 4) is 0 Å². The topological polar surface area (TPSA) is 43.4 Å². The van der Waals surface area contributed by atoms with Gasteiger partial charge in [0.25, 0.3) is 0 Å². The minimum Gasteiger partial charge on any atom is -0.469 e. The molecular weight excluding hydrogens is 284 g/mol. The van der Waals surface area contributed by atoms with Gasteiger partial charge >= 0.3 is 5.97 Å². The molecule has 0 bridgehead atoms. The molecule has 0 N–H and O–H groups in total. The highest BCUT2D eigenvalue weighted by Crippen LogP contribution is 2.19. The van der Waals surface area contributed by atoms with Gasteiger partial charge < -0.3 is 4.74 Å². The number of esters is 1. The van der Waals surface area contributed by atoms with Crippen LogP contribution in [0.1, 0.15) is 29.3 Å². The number of carbonyl (C=O) groups is 2. The molecule has 92 valence electrons. The van der Waals surface area contributed by atoms with Crippen LogP contribution in [0.25, 0.3) is 0 Å². The van der Waals surface area contributed by atoms with E-state index in [-0.39, 0.29) is 18.2 Å². The third-order valence-corrected chi connectivity index (χ3v) is 3.46. The minimum absolute atomic E-state index is 0.0431. The van der Waals surface area contributed by atoms with Gasteiger partial charge in [0.15, 0.2) is 5.78 Å². The van der Waals surface area contributed by atoms with E-state index in [1.54, 1.807) is 13.0 Å². The smallest absolute Gasteiger partial charge is 0.308 e. The minimum atomic E-state index is -0.406. The van der Waals surface area contributed by atoms with E-state index in [0.717, 1.165) is 10.0 Å². The SMILES string of the molecule is COC(=O)C(C)CC(=O)c1ccc(Br)c(C)c1. The van der Waals surface area contributed by atoms with E-state index in [4.69, 9.17) is 0 Å². The summed E-state index contributed by atoms with van der Waals surface area (Å²) in [5.41, 5.74) is 1.63. The van der Waals surface area contributed by atoms with Crippen LogP contribution in [0.3, 0.4) is 0 Å². The van der Waals surface area contributed by atoms with Crippen LogP contribution in [0.4, 0.5) is 0 Å². The average Bonchev–Trinajstić information content (AvgIpc) is 2.31. The number of carbonyl (C=O) groups excluding carboxylic acids is 2. The molecule has 1 aromatic rings. The maximum Gasteiger partial charge on any atom is 0.308 e. The molecule has 1 aromatic carbocycles. The van der Waals surface area contributed by atoms with Crippen LogP contribution in [0, 0.1) is 12.8 Å². The molecule has 0 amide bonds. The predicted octanol–water partition coefficient (Wildman–Crippen LogP) is 3.14. The standard InChI is InChI=1S/C13H15BrO3/c1-8-6-10(4-5-11(8)14)12(15)7-9(2)13(16)17-3/h4-6,9H,7H2,1-3H3. The maximum atomic E-state index is 11.9. The molecule has 1 atom stereocenters. The number of hydrogen-bond donors (Lipinski definition) is 0. The highest BCUT2D eigenvalue weighted by Gasteiger charge is 2.18. The lowest BCUT2D eigenvalue weighted by molar-refractivity contribution is -0.144. The lowest BCUT2D eigenvalue weighted by Crippen LogP contribution is -2.17. The summed E-state index contributed by atoms with van der Waals surface area (Å²) >= 11 is 3.38. The fourth-order valence-corrected chi connectivity index (χ4v) is 1.75. The maximum absolute atomic E-state index is 11.9. The van der Waals surface area contributed by atoms with Crippen LogP contribution in [-0.2, 0) is 9.53 Å². The Balaban J connectivity index is 2.76. The van der Waals surface area contributed by atoms with Crippen LogP contribution >= 0.6 is 15.9 Å². The summed E-state index contributed by atoms with van der Waals surface area (Å²) in [6.45, 7) is 3.61. The van der Waals surface area contributed by atoms with Gasteiger partial charge in [0, 0.05) is 16.5 Å². The lowest BCUT2D eigenvalue weighted by atomic mass is 9.99. The normalized spacial score (nSPS) is 12.0. The van der Waals surface area contributed by atoms with E-state index in [1.165, 1.54) is 7.11 Å². The fourth-order valence-electron chi connectivity index (χ4n) is 1.50. The molecular formula is C13H15BrO3. The number of aryl methyl sites for hydroxylation is 1. The number of hydrogen-bond acceptors (Lipinski definition) is 3. The molecule has 0 fully saturated rings. The lowest BCUT2D eigenvalue weighted by Gasteiger charge is -2.08. The first-order chi connectivity index (χ1) is 7.95. The van der Waals surface area contributed by atoms with Crippen molar-refractivity contribution in [2.75, 3.05) is 7.11 Å². The summed E-state index contributed by atoms with van der Waals surface area (Å²) < 4.78 is 5.56. The Bertz CT molecular complexity index is 440. The summed E-state index contributed by atoms with van der Waals surface area (Å²) in [5.74, 6) is -0.804. The van der Waals surface area contributed by atoms with Crippen molar-refractivity contribution in [2.45, 2.75) is 20.3 Å². The Kier molecular flexibility index (Phi) is 4.87. The molecule has 0 saturated carbocycles. The second kappa shape index (κ2) is 5.96. The van der Waals surface area contributed by atoms with Crippen molar-refractivity contribution in [1.29, 1.82) is 0 Å². The summed E-state index contributed by atoms with van der Waals surface area (Å²) in [6.07, 6.45) is 0.174. The van der Waals surface area contributed by atoms with Gasteiger partial charge in [-0.3, -0.25) is 9.59 Å². The Morgan fingerprint density at radius 2 is 2.06 bits per heavy atom. The molecule has 0 saturated heterocycles. The van der Waals surface area contributed by atoms with E-state index in [2.05, 4.69) is 20.7 Å². The summed E-state index contributed by atoms with van der Waals surface area (Å²) in [6, 6.07) is 5.41. The average molecular weight is 299 g/mol. The van der Waals surface area contributed by atoms with Crippen LogP contribution in [0.2, 0.25) is 0 Å². The van der Waals surface area contributed by atoms with Gasteiger partial charge in [0.1, 0.15) is 0 Å². The van der Waals surface area contributed by atoms with E-state index in [9.17, 15) is 9.59 Å². The largest absolute Gasteiger partial charge is 0.469 e. The summed E-state index contributed by atoms with van der Waals surface area (Å²) in [7, 11) is 1.33. The van der Waals surface area contributed by atoms with Gasteiger partial charge in [-0.25, -0.2) is 0 Å². The second-order valence-electron chi connectivity index (χ2n) is 4.02. The molecule has 1 rings (SSSR count). The quantitative estimate of drug-likeness (QED) is 0.633. The van der Waals surface area contributed by atoms with Gasteiger partial charge in [0.2, 0.25) is 0 Å². The van der Waals surface area contributed by atoms with Crippen molar-refractivity contribution in [2.24, 2.45) is 5.92 Å². The number of halogens is 1. The number of ether oxygens (including phenoxy) is 1. The summed E-state index contributed by atoms with van der Waals surface area (Å²) in [4.78, 5) is 23.1. The van der Waals surface area contributed by atoms with Crippen LogP contribution in [0.5, 0.6) is 0 Å². The van der Waals surface area contributed by atoms with E-state index >= 15 is 0 Å². The first-order valence-electron chi connectivity index (χ1n) is 5.33. The van der Waals surface area contributed by atoms with E-state index in [1.807, 2.05) is 19.1 Å². The monoisotopic (exact) mass is 298 g/mol. The van der Waals surface area contributed by atoms with Crippen molar-refractivity contribution in [3.05, 3.63) is 33.8 Å². The first kappa shape index (κ1) is 13.9. The zero-order valence-electron chi connectivity index (χ0n) is 10.1. The first-order valence-corrected chi connectivity index (χ1v) is 6.12. The molecule has 3 nitrogen and oxygen atoms in total. The van der Waals surface area contributed by atoms with Crippen LogP contribution in [-0.4, -0.2) is 18.9 Å². The fraction of sp³-hybridized carbons (Fsp3) is 0.385. The third-order valence-electron chi connectivity index (χ3n) is 2.58. The van der Waals surface area contributed by atoms with Gasteiger partial charge in [0.05, 0.1) is 13.0 Å². The zero-order chi connectivity index (χ0) is 13.0. The highest BCUT2D eigenvalue weighted by molar-refractivity contribution is 9.10. The van der Waals surface area contributed by atoms with Gasteiger partial charge in [-0.05, 0) is 24.6 Å². The molecule has 0 aromatic heterocycles. The van der Waals surface area contributed by atoms with Crippen molar-refractivity contribution < 1.29 is 14.3 Å². The number of benzene rings is 1. The molecule has 4 heteroatoms. The Hall–Kier alpha value is -1.16. The molecule has 0 spiro atoms. The number of methoxy groups -OCH3 is 1.